The number of benzene rings is 1. The predicted octanol–water partition coefficient (Wildman–Crippen LogP) is 2.79. The third kappa shape index (κ3) is 6.04. The van der Waals surface area contributed by atoms with Gasteiger partial charge in [-0.15, -0.1) is 0 Å². The van der Waals surface area contributed by atoms with Crippen molar-refractivity contribution in [2.45, 2.75) is 37.7 Å². The number of ether oxygens (including phenoxy) is 1. The van der Waals surface area contributed by atoms with Crippen LogP contribution in [0, 0.1) is 5.92 Å². The van der Waals surface area contributed by atoms with E-state index in [0.717, 1.165) is 11.8 Å². The molecule has 1 unspecified atom stereocenters. The fraction of sp³-hybridized carbons (Fsp3) is 0.348. The fourth-order valence-corrected chi connectivity index (χ4v) is 3.91. The Kier molecular flexibility index (Phi) is 8.11. The van der Waals surface area contributed by atoms with E-state index in [2.05, 4.69) is 15.6 Å². The number of methoxy groups -OCH3 is 1. The van der Waals surface area contributed by atoms with Crippen LogP contribution in [0.1, 0.15) is 36.9 Å². The summed E-state index contributed by atoms with van der Waals surface area (Å²) in [4.78, 5) is 54.3. The van der Waals surface area contributed by atoms with Gasteiger partial charge in [-0.1, -0.05) is 25.6 Å². The predicted molar refractivity (Wildman–Crippen MR) is 127 cm³/mol. The van der Waals surface area contributed by atoms with Gasteiger partial charge < -0.3 is 14.5 Å². The quantitative estimate of drug-likeness (QED) is 0.282. The molecular weight excluding hydrogens is 460 g/mol. The molecule has 11 heteroatoms. The van der Waals surface area contributed by atoms with Gasteiger partial charge in [-0.2, -0.15) is 0 Å². The van der Waals surface area contributed by atoms with E-state index in [1.807, 2.05) is 13.8 Å². The third-order valence-corrected chi connectivity index (χ3v) is 5.88. The van der Waals surface area contributed by atoms with Crippen molar-refractivity contribution in [3.63, 3.8) is 0 Å². The van der Waals surface area contributed by atoms with Crippen LogP contribution < -0.4 is 16.2 Å². The summed E-state index contributed by atoms with van der Waals surface area (Å²) in [6.45, 7) is 6.01. The number of aromatic nitrogens is 2. The van der Waals surface area contributed by atoms with Crippen LogP contribution in [0.3, 0.4) is 0 Å². The number of imide groups is 1. The van der Waals surface area contributed by atoms with Gasteiger partial charge in [-0.05, 0) is 43.2 Å². The number of rotatable bonds is 8. The Morgan fingerprint density at radius 3 is 2.62 bits per heavy atom. The summed E-state index contributed by atoms with van der Waals surface area (Å²) in [5.74, 6) is -0.326. The number of esters is 1. The first-order valence-corrected chi connectivity index (χ1v) is 11.5. The Bertz CT molecular complexity index is 1250. The average molecular weight is 487 g/mol. The number of carbonyl (C=O) groups excluding carboxylic acids is 3. The zero-order valence-electron chi connectivity index (χ0n) is 19.3. The Morgan fingerprint density at radius 2 is 1.97 bits per heavy atom. The standard InChI is InChI=1S/C23H26N4O6S/c1-13(2)11-24-22(31)26-19(28)14(3)34-23-25-18-10-15(21(30)32-4)7-8-17(18)20(29)27(23)12-16-6-5-9-33-16/h5-10,13-14H,11-12H2,1-4H3,(H2,24,26,28,31). The molecule has 3 aromatic rings. The first kappa shape index (κ1) is 25.0. The summed E-state index contributed by atoms with van der Waals surface area (Å²) >= 11 is 1.02. The summed E-state index contributed by atoms with van der Waals surface area (Å²) in [7, 11) is 1.26. The SMILES string of the molecule is COC(=O)c1ccc2c(=O)n(Cc3ccco3)c(SC(C)C(=O)NC(=O)NCC(C)C)nc2c1. The van der Waals surface area contributed by atoms with E-state index in [9.17, 15) is 19.2 Å². The molecule has 0 aliphatic rings. The molecule has 0 saturated heterocycles. The summed E-state index contributed by atoms with van der Waals surface area (Å²) < 4.78 is 11.5. The summed E-state index contributed by atoms with van der Waals surface area (Å²) in [5, 5.41) is 4.71. The van der Waals surface area contributed by atoms with Gasteiger partial charge in [0.25, 0.3) is 5.56 Å². The van der Waals surface area contributed by atoms with Gasteiger partial charge in [0.1, 0.15) is 5.76 Å². The van der Waals surface area contributed by atoms with Gasteiger partial charge in [0.15, 0.2) is 5.16 Å². The highest BCUT2D eigenvalue weighted by Gasteiger charge is 2.22. The second-order valence-corrected chi connectivity index (χ2v) is 9.25. The number of hydrogen-bond donors (Lipinski definition) is 2. The number of carbonyl (C=O) groups is 3. The molecule has 2 N–H and O–H groups in total. The van der Waals surface area contributed by atoms with Crippen molar-refractivity contribution >= 4 is 40.6 Å². The van der Waals surface area contributed by atoms with E-state index in [1.54, 1.807) is 19.1 Å². The number of furan rings is 1. The summed E-state index contributed by atoms with van der Waals surface area (Å²) in [6.07, 6.45) is 1.50. The number of nitrogens with zero attached hydrogens (tertiary/aromatic N) is 2. The largest absolute Gasteiger partial charge is 0.467 e. The Balaban J connectivity index is 1.94. The average Bonchev–Trinajstić information content (AvgIpc) is 3.32. The minimum Gasteiger partial charge on any atom is -0.467 e. The number of nitrogens with one attached hydrogen (secondary N) is 2. The van der Waals surface area contributed by atoms with Crippen molar-refractivity contribution < 1.29 is 23.5 Å². The molecule has 0 aliphatic heterocycles. The highest BCUT2D eigenvalue weighted by Crippen LogP contribution is 2.24. The number of thioether (sulfide) groups is 1. The highest BCUT2D eigenvalue weighted by atomic mass is 32.2. The molecule has 3 rings (SSSR count). The van der Waals surface area contributed by atoms with Gasteiger partial charge in [-0.3, -0.25) is 19.5 Å². The molecule has 3 amide bonds. The first-order valence-electron chi connectivity index (χ1n) is 10.6. The van der Waals surface area contributed by atoms with Crippen LogP contribution in [-0.4, -0.2) is 46.4 Å². The minimum absolute atomic E-state index is 0.0963. The molecular formula is C23H26N4O6S. The molecule has 1 aromatic carbocycles. The molecule has 0 bridgehead atoms. The van der Waals surface area contributed by atoms with Crippen LogP contribution in [0.25, 0.3) is 10.9 Å². The highest BCUT2D eigenvalue weighted by molar-refractivity contribution is 8.00. The lowest BCUT2D eigenvalue weighted by Crippen LogP contribution is -2.43. The van der Waals surface area contributed by atoms with Crippen LogP contribution in [0.5, 0.6) is 0 Å². The van der Waals surface area contributed by atoms with Gasteiger partial charge in [-0.25, -0.2) is 14.6 Å². The van der Waals surface area contributed by atoms with Crippen molar-refractivity contribution in [2.24, 2.45) is 5.92 Å². The maximum absolute atomic E-state index is 13.3. The Hall–Kier alpha value is -3.60. The summed E-state index contributed by atoms with van der Waals surface area (Å²) in [5.41, 5.74) is 0.172. The minimum atomic E-state index is -0.749. The molecule has 0 radical (unpaired) electrons. The van der Waals surface area contributed by atoms with Gasteiger partial charge in [0.2, 0.25) is 5.91 Å². The lowest BCUT2D eigenvalue weighted by Gasteiger charge is -2.16. The van der Waals surface area contributed by atoms with Crippen LogP contribution in [0.2, 0.25) is 0 Å². The molecule has 0 spiro atoms. The molecule has 0 fully saturated rings. The van der Waals surface area contributed by atoms with Crippen molar-refractivity contribution in [1.29, 1.82) is 0 Å². The zero-order valence-corrected chi connectivity index (χ0v) is 20.1. The van der Waals surface area contributed by atoms with Crippen molar-refractivity contribution in [3.05, 3.63) is 58.3 Å². The van der Waals surface area contributed by atoms with E-state index in [1.165, 1.54) is 36.1 Å². The van der Waals surface area contributed by atoms with E-state index in [0.29, 0.717) is 17.7 Å². The second-order valence-electron chi connectivity index (χ2n) is 7.94. The smallest absolute Gasteiger partial charge is 0.337 e. The van der Waals surface area contributed by atoms with E-state index >= 15 is 0 Å². The van der Waals surface area contributed by atoms with Crippen molar-refractivity contribution in [2.75, 3.05) is 13.7 Å². The molecule has 34 heavy (non-hydrogen) atoms. The maximum atomic E-state index is 13.3. The Labute approximate surface area is 200 Å². The molecule has 180 valence electrons. The monoisotopic (exact) mass is 486 g/mol. The van der Waals surface area contributed by atoms with Gasteiger partial charge in [0, 0.05) is 6.54 Å². The topological polar surface area (TPSA) is 133 Å². The number of fused-ring (bicyclic) bond motifs is 1. The lowest BCUT2D eigenvalue weighted by molar-refractivity contribution is -0.119. The van der Waals surface area contributed by atoms with Crippen LogP contribution in [0.4, 0.5) is 4.79 Å². The molecule has 0 saturated carbocycles. The molecule has 10 nitrogen and oxygen atoms in total. The molecule has 0 aliphatic carbocycles. The summed E-state index contributed by atoms with van der Waals surface area (Å²) in [6, 6.07) is 7.31. The van der Waals surface area contributed by atoms with Gasteiger partial charge >= 0.3 is 12.0 Å². The number of amides is 3. The fourth-order valence-electron chi connectivity index (χ4n) is 3.00. The lowest BCUT2D eigenvalue weighted by atomic mass is 10.1. The molecule has 1 atom stereocenters. The van der Waals surface area contributed by atoms with Crippen molar-refractivity contribution in [3.8, 4) is 0 Å². The van der Waals surface area contributed by atoms with E-state index in [-0.39, 0.29) is 34.3 Å². The third-order valence-electron chi connectivity index (χ3n) is 4.79. The number of urea groups is 1. The molecule has 2 aromatic heterocycles. The molecule has 2 heterocycles. The van der Waals surface area contributed by atoms with E-state index < -0.39 is 23.2 Å². The normalized spacial score (nSPS) is 11.9. The van der Waals surface area contributed by atoms with E-state index in [4.69, 9.17) is 9.15 Å². The van der Waals surface area contributed by atoms with Crippen LogP contribution in [0.15, 0.2) is 51.0 Å². The van der Waals surface area contributed by atoms with Crippen molar-refractivity contribution in [1.82, 2.24) is 20.2 Å². The number of hydrogen-bond acceptors (Lipinski definition) is 8. The van der Waals surface area contributed by atoms with Crippen LogP contribution >= 0.6 is 11.8 Å². The first-order chi connectivity index (χ1) is 16.2. The maximum Gasteiger partial charge on any atom is 0.337 e. The Morgan fingerprint density at radius 1 is 1.21 bits per heavy atom. The second kappa shape index (κ2) is 11.0. The zero-order chi connectivity index (χ0) is 24.8. The van der Waals surface area contributed by atoms with Crippen LogP contribution in [-0.2, 0) is 16.1 Å². The van der Waals surface area contributed by atoms with Gasteiger partial charge in [0.05, 0.1) is 41.6 Å².